The van der Waals surface area contributed by atoms with Crippen molar-refractivity contribution in [3.63, 3.8) is 0 Å². The van der Waals surface area contributed by atoms with Crippen molar-refractivity contribution in [3.05, 3.63) is 64.1 Å². The van der Waals surface area contributed by atoms with Crippen LogP contribution in [0, 0.1) is 6.92 Å². The molecule has 0 saturated carbocycles. The van der Waals surface area contributed by atoms with Crippen molar-refractivity contribution < 1.29 is 14.3 Å². The van der Waals surface area contributed by atoms with Crippen molar-refractivity contribution in [2.75, 3.05) is 18.5 Å². The third kappa shape index (κ3) is 7.27. The number of carbonyl (C=O) groups is 2. The number of carbonyl (C=O) groups excluding carboxylic acids is 2. The van der Waals surface area contributed by atoms with E-state index in [1.165, 1.54) is 6.08 Å². The fraction of sp³-hybridized carbons (Fsp3) is 0.238. The lowest BCUT2D eigenvalue weighted by molar-refractivity contribution is -0.117. The van der Waals surface area contributed by atoms with Crippen molar-refractivity contribution in [3.8, 4) is 5.75 Å². The Labute approximate surface area is 167 Å². The molecule has 0 aromatic heterocycles. The molecule has 2 N–H and O–H groups in total. The highest BCUT2D eigenvalue weighted by atomic mass is 79.9. The van der Waals surface area contributed by atoms with Gasteiger partial charge in [0.15, 0.2) is 0 Å². The summed E-state index contributed by atoms with van der Waals surface area (Å²) in [6.07, 6.45) is 3.37. The molecule has 27 heavy (non-hydrogen) atoms. The molecule has 2 rings (SSSR count). The number of ether oxygens (including phenoxy) is 1. The first kappa shape index (κ1) is 20.7. The van der Waals surface area contributed by atoms with Gasteiger partial charge in [0.2, 0.25) is 11.8 Å². The second-order valence-electron chi connectivity index (χ2n) is 5.88. The van der Waals surface area contributed by atoms with Gasteiger partial charge in [-0.2, -0.15) is 0 Å². The van der Waals surface area contributed by atoms with Gasteiger partial charge < -0.3 is 15.4 Å². The van der Waals surface area contributed by atoms with Crippen LogP contribution in [0.3, 0.4) is 0 Å². The van der Waals surface area contributed by atoms with Crippen LogP contribution in [0.5, 0.6) is 5.75 Å². The Hall–Kier alpha value is -2.60. The van der Waals surface area contributed by atoms with Crippen molar-refractivity contribution in [1.29, 1.82) is 0 Å². The van der Waals surface area contributed by atoms with E-state index in [0.29, 0.717) is 6.61 Å². The fourth-order valence-corrected chi connectivity index (χ4v) is 2.67. The van der Waals surface area contributed by atoms with Gasteiger partial charge >= 0.3 is 0 Å². The molecule has 0 atom stereocenters. The van der Waals surface area contributed by atoms with Crippen LogP contribution in [0.2, 0.25) is 0 Å². The highest BCUT2D eigenvalue weighted by Gasteiger charge is 2.06. The van der Waals surface area contributed by atoms with Gasteiger partial charge in [-0.05, 0) is 55.3 Å². The standard InChI is InChI=1S/C21H23BrN2O3/c1-3-27-18-9-5-16(6-10-18)7-11-20(25)23-13-12-21(26)24-19-14-17(22)8-4-15(19)2/h4-11,14H,3,12-13H2,1-2H3,(H,23,25)(H,24,26)/b11-7+. The van der Waals surface area contributed by atoms with E-state index in [1.54, 1.807) is 6.08 Å². The van der Waals surface area contributed by atoms with Crippen LogP contribution in [0.15, 0.2) is 53.0 Å². The lowest BCUT2D eigenvalue weighted by atomic mass is 10.2. The highest BCUT2D eigenvalue weighted by molar-refractivity contribution is 9.10. The normalized spacial score (nSPS) is 10.6. The molecule has 0 bridgehead atoms. The smallest absolute Gasteiger partial charge is 0.244 e. The van der Waals surface area contributed by atoms with Gasteiger partial charge in [0, 0.05) is 29.2 Å². The van der Waals surface area contributed by atoms with E-state index < -0.39 is 0 Å². The first-order valence-corrected chi connectivity index (χ1v) is 9.52. The van der Waals surface area contributed by atoms with E-state index >= 15 is 0 Å². The monoisotopic (exact) mass is 430 g/mol. The molecular formula is C21H23BrN2O3. The average Bonchev–Trinajstić information content (AvgIpc) is 2.64. The van der Waals surface area contributed by atoms with Crippen LogP contribution in [0.4, 0.5) is 5.69 Å². The Kier molecular flexibility index (Phi) is 8.07. The second kappa shape index (κ2) is 10.5. The predicted molar refractivity (Wildman–Crippen MR) is 112 cm³/mol. The maximum Gasteiger partial charge on any atom is 0.244 e. The third-order valence-electron chi connectivity index (χ3n) is 3.74. The molecule has 0 aliphatic rings. The van der Waals surface area contributed by atoms with Crippen molar-refractivity contribution in [2.45, 2.75) is 20.3 Å². The van der Waals surface area contributed by atoms with Gasteiger partial charge in [-0.1, -0.05) is 34.1 Å². The van der Waals surface area contributed by atoms with Crippen molar-refractivity contribution in [2.24, 2.45) is 0 Å². The summed E-state index contributed by atoms with van der Waals surface area (Å²) in [5, 5.41) is 5.55. The number of rotatable bonds is 8. The molecule has 5 nitrogen and oxygen atoms in total. The number of amides is 2. The minimum absolute atomic E-state index is 0.146. The lowest BCUT2D eigenvalue weighted by Crippen LogP contribution is -2.26. The number of halogens is 1. The summed E-state index contributed by atoms with van der Waals surface area (Å²) in [6.45, 7) is 4.74. The Balaban J connectivity index is 1.75. The summed E-state index contributed by atoms with van der Waals surface area (Å²) < 4.78 is 6.27. The van der Waals surface area contributed by atoms with E-state index in [2.05, 4.69) is 26.6 Å². The van der Waals surface area contributed by atoms with Crippen LogP contribution in [0.1, 0.15) is 24.5 Å². The number of nitrogens with one attached hydrogen (secondary N) is 2. The van der Waals surface area contributed by atoms with Crippen LogP contribution in [-0.2, 0) is 9.59 Å². The summed E-state index contributed by atoms with van der Waals surface area (Å²) in [6, 6.07) is 13.2. The molecule has 0 fully saturated rings. The maximum absolute atomic E-state index is 12.0. The molecule has 0 unspecified atom stereocenters. The van der Waals surface area contributed by atoms with Crippen LogP contribution in [0.25, 0.3) is 6.08 Å². The van der Waals surface area contributed by atoms with Crippen LogP contribution >= 0.6 is 15.9 Å². The first-order valence-electron chi connectivity index (χ1n) is 8.72. The van der Waals surface area contributed by atoms with E-state index in [1.807, 2.05) is 56.3 Å². The molecule has 0 aliphatic heterocycles. The molecule has 2 aromatic rings. The molecule has 0 spiro atoms. The fourth-order valence-electron chi connectivity index (χ4n) is 2.31. The Morgan fingerprint density at radius 1 is 1.15 bits per heavy atom. The van der Waals surface area contributed by atoms with E-state index in [9.17, 15) is 9.59 Å². The average molecular weight is 431 g/mol. The zero-order valence-corrected chi connectivity index (χ0v) is 17.0. The minimum Gasteiger partial charge on any atom is -0.494 e. The zero-order chi connectivity index (χ0) is 19.6. The largest absolute Gasteiger partial charge is 0.494 e. The molecule has 0 saturated heterocycles. The number of hydrogen-bond acceptors (Lipinski definition) is 3. The topological polar surface area (TPSA) is 67.4 Å². The summed E-state index contributed by atoms with van der Waals surface area (Å²) in [4.78, 5) is 23.9. The Morgan fingerprint density at radius 2 is 1.89 bits per heavy atom. The summed E-state index contributed by atoms with van der Waals surface area (Å²) in [5.74, 6) is 0.410. The number of aryl methyl sites for hydroxylation is 1. The molecule has 6 heteroatoms. The SMILES string of the molecule is CCOc1ccc(/C=C/C(=O)NCCC(=O)Nc2cc(Br)ccc2C)cc1. The number of benzene rings is 2. The van der Waals surface area contributed by atoms with Crippen LogP contribution < -0.4 is 15.4 Å². The molecule has 0 heterocycles. The van der Waals surface area contributed by atoms with Gasteiger partial charge in [0.1, 0.15) is 5.75 Å². The van der Waals surface area contributed by atoms with E-state index in [0.717, 1.165) is 27.0 Å². The second-order valence-corrected chi connectivity index (χ2v) is 6.80. The Bertz CT molecular complexity index is 817. The Morgan fingerprint density at radius 3 is 2.59 bits per heavy atom. The van der Waals surface area contributed by atoms with Gasteiger partial charge in [-0.25, -0.2) is 0 Å². The molecular weight excluding hydrogens is 408 g/mol. The van der Waals surface area contributed by atoms with Crippen molar-refractivity contribution >= 4 is 39.5 Å². The van der Waals surface area contributed by atoms with Gasteiger partial charge in [-0.15, -0.1) is 0 Å². The van der Waals surface area contributed by atoms with Gasteiger partial charge in [0.05, 0.1) is 6.61 Å². The maximum atomic E-state index is 12.0. The minimum atomic E-state index is -0.240. The third-order valence-corrected chi connectivity index (χ3v) is 4.24. The zero-order valence-electron chi connectivity index (χ0n) is 15.4. The number of anilines is 1. The predicted octanol–water partition coefficient (Wildman–Crippen LogP) is 4.31. The summed E-state index contributed by atoms with van der Waals surface area (Å²) in [7, 11) is 0. The highest BCUT2D eigenvalue weighted by Crippen LogP contribution is 2.20. The van der Waals surface area contributed by atoms with Gasteiger partial charge in [-0.3, -0.25) is 9.59 Å². The lowest BCUT2D eigenvalue weighted by Gasteiger charge is -2.09. The molecule has 2 amide bonds. The quantitative estimate of drug-likeness (QED) is 0.612. The van der Waals surface area contributed by atoms with E-state index in [-0.39, 0.29) is 24.8 Å². The molecule has 0 aliphatic carbocycles. The molecule has 2 aromatic carbocycles. The molecule has 142 valence electrons. The summed E-state index contributed by atoms with van der Waals surface area (Å²) >= 11 is 3.38. The van der Waals surface area contributed by atoms with E-state index in [4.69, 9.17) is 4.74 Å². The summed E-state index contributed by atoms with van der Waals surface area (Å²) in [5.41, 5.74) is 2.64. The van der Waals surface area contributed by atoms with Gasteiger partial charge in [0.25, 0.3) is 0 Å². The van der Waals surface area contributed by atoms with Crippen LogP contribution in [-0.4, -0.2) is 25.0 Å². The number of hydrogen-bond donors (Lipinski definition) is 2. The van der Waals surface area contributed by atoms with Crippen molar-refractivity contribution in [1.82, 2.24) is 5.32 Å². The molecule has 0 radical (unpaired) electrons. The first-order chi connectivity index (χ1) is 13.0.